The van der Waals surface area contributed by atoms with E-state index >= 15 is 0 Å². The Kier molecular flexibility index (Phi) is 6.02. The second-order valence-electron chi connectivity index (χ2n) is 5.41. The number of hydrogen-bond acceptors (Lipinski definition) is 7. The van der Waals surface area contributed by atoms with Crippen molar-refractivity contribution in [2.45, 2.75) is 39.0 Å². The average molecular weight is 366 g/mol. The van der Waals surface area contributed by atoms with E-state index in [1.807, 2.05) is 0 Å². The fraction of sp³-hybridized carbons (Fsp3) is 0.500. The highest BCUT2D eigenvalue weighted by Crippen LogP contribution is 2.23. The standard InChI is InChI=1S/C16H22N4O4S/c1-5-20(6-2)25(22,23)14-9-12-13(8-11(14)4)18-19-15(17-12)10-16(21)24-7-3/h8-9H,5-7,10H2,1-4H3. The van der Waals surface area contributed by atoms with Crippen molar-refractivity contribution in [3.8, 4) is 0 Å². The lowest BCUT2D eigenvalue weighted by Gasteiger charge is -2.19. The van der Waals surface area contributed by atoms with Crippen LogP contribution >= 0.6 is 0 Å². The van der Waals surface area contributed by atoms with Gasteiger partial charge in [-0.15, -0.1) is 10.2 Å². The molecular formula is C16H22N4O4S. The van der Waals surface area contributed by atoms with E-state index in [4.69, 9.17) is 4.74 Å². The fourth-order valence-corrected chi connectivity index (χ4v) is 4.19. The number of ether oxygens (including phenoxy) is 1. The van der Waals surface area contributed by atoms with Crippen molar-refractivity contribution in [3.63, 3.8) is 0 Å². The number of aromatic nitrogens is 3. The molecule has 0 atom stereocenters. The van der Waals surface area contributed by atoms with Crippen LogP contribution in [0.3, 0.4) is 0 Å². The lowest BCUT2D eigenvalue weighted by atomic mass is 10.2. The smallest absolute Gasteiger partial charge is 0.313 e. The summed E-state index contributed by atoms with van der Waals surface area (Å²) in [5.74, 6) is -0.257. The molecule has 8 nitrogen and oxygen atoms in total. The zero-order chi connectivity index (χ0) is 18.6. The molecule has 0 aliphatic heterocycles. The topological polar surface area (TPSA) is 102 Å². The van der Waals surface area contributed by atoms with E-state index < -0.39 is 16.0 Å². The first-order valence-electron chi connectivity index (χ1n) is 8.13. The summed E-state index contributed by atoms with van der Waals surface area (Å²) in [7, 11) is -3.61. The summed E-state index contributed by atoms with van der Waals surface area (Å²) in [4.78, 5) is 16.0. The van der Waals surface area contributed by atoms with Gasteiger partial charge in [0.2, 0.25) is 10.0 Å². The Balaban J connectivity index is 2.49. The third-order valence-corrected chi connectivity index (χ3v) is 5.92. The van der Waals surface area contributed by atoms with Crippen LogP contribution in [-0.4, -0.2) is 53.6 Å². The van der Waals surface area contributed by atoms with Crippen molar-refractivity contribution in [2.24, 2.45) is 0 Å². The third kappa shape index (κ3) is 4.10. The summed E-state index contributed by atoms with van der Waals surface area (Å²) in [6.07, 6.45) is -0.108. The molecule has 0 N–H and O–H groups in total. The molecule has 1 aromatic heterocycles. The van der Waals surface area contributed by atoms with Crippen molar-refractivity contribution in [2.75, 3.05) is 19.7 Å². The Bertz CT molecular complexity index is 879. The minimum atomic E-state index is -3.61. The maximum Gasteiger partial charge on any atom is 0.313 e. The Hall–Kier alpha value is -2.13. The van der Waals surface area contributed by atoms with Crippen molar-refractivity contribution in [1.82, 2.24) is 19.5 Å². The number of fused-ring (bicyclic) bond motifs is 1. The first kappa shape index (κ1) is 19.2. The van der Waals surface area contributed by atoms with E-state index in [2.05, 4.69) is 15.2 Å². The monoisotopic (exact) mass is 366 g/mol. The highest BCUT2D eigenvalue weighted by atomic mass is 32.2. The predicted molar refractivity (Wildman–Crippen MR) is 92.5 cm³/mol. The van der Waals surface area contributed by atoms with Crippen LogP contribution in [0.4, 0.5) is 0 Å². The highest BCUT2D eigenvalue weighted by molar-refractivity contribution is 7.89. The molecule has 1 heterocycles. The molecule has 9 heteroatoms. The number of carbonyl (C=O) groups is 1. The van der Waals surface area contributed by atoms with E-state index in [1.54, 1.807) is 33.8 Å². The van der Waals surface area contributed by atoms with Gasteiger partial charge in [0.1, 0.15) is 11.9 Å². The van der Waals surface area contributed by atoms with Gasteiger partial charge in [-0.1, -0.05) is 13.8 Å². The molecule has 0 aliphatic carbocycles. The van der Waals surface area contributed by atoms with E-state index in [0.717, 1.165) is 0 Å². The molecule has 136 valence electrons. The molecule has 0 radical (unpaired) electrons. The summed E-state index contributed by atoms with van der Waals surface area (Å²) < 4.78 is 31.8. The lowest BCUT2D eigenvalue weighted by molar-refractivity contribution is -0.142. The van der Waals surface area contributed by atoms with Gasteiger partial charge in [-0.2, -0.15) is 4.31 Å². The summed E-state index contributed by atoms with van der Waals surface area (Å²) in [5.41, 5.74) is 1.43. The minimum Gasteiger partial charge on any atom is -0.466 e. The third-order valence-electron chi connectivity index (χ3n) is 3.73. The number of carbonyl (C=O) groups excluding carboxylic acids is 1. The largest absolute Gasteiger partial charge is 0.466 e. The van der Waals surface area contributed by atoms with Gasteiger partial charge in [-0.05, 0) is 31.5 Å². The number of nitrogens with zero attached hydrogens (tertiary/aromatic N) is 4. The average Bonchev–Trinajstić information content (AvgIpc) is 2.55. The molecule has 2 aromatic rings. The van der Waals surface area contributed by atoms with E-state index in [0.29, 0.717) is 29.7 Å². The van der Waals surface area contributed by atoms with Crippen LogP contribution in [0, 0.1) is 6.92 Å². The second-order valence-corrected chi connectivity index (χ2v) is 7.31. The number of benzene rings is 1. The van der Waals surface area contributed by atoms with Crippen LogP contribution in [0.1, 0.15) is 32.2 Å². The van der Waals surface area contributed by atoms with Crippen molar-refractivity contribution >= 4 is 27.0 Å². The Morgan fingerprint density at radius 3 is 2.40 bits per heavy atom. The maximum atomic E-state index is 12.8. The van der Waals surface area contributed by atoms with Crippen LogP contribution in [0.5, 0.6) is 0 Å². The van der Waals surface area contributed by atoms with Gasteiger partial charge in [-0.3, -0.25) is 4.79 Å². The van der Waals surface area contributed by atoms with Crippen LogP contribution in [-0.2, 0) is 26.0 Å². The van der Waals surface area contributed by atoms with Crippen LogP contribution < -0.4 is 0 Å². The quantitative estimate of drug-likeness (QED) is 0.684. The zero-order valence-corrected chi connectivity index (χ0v) is 15.6. The van der Waals surface area contributed by atoms with Gasteiger partial charge >= 0.3 is 5.97 Å². The number of sulfonamides is 1. The van der Waals surface area contributed by atoms with Crippen LogP contribution in [0.15, 0.2) is 17.0 Å². The minimum absolute atomic E-state index is 0.108. The molecular weight excluding hydrogens is 344 g/mol. The van der Waals surface area contributed by atoms with Crippen LogP contribution in [0.2, 0.25) is 0 Å². The van der Waals surface area contributed by atoms with Crippen molar-refractivity contribution in [3.05, 3.63) is 23.5 Å². The van der Waals surface area contributed by atoms with Crippen LogP contribution in [0.25, 0.3) is 11.0 Å². The van der Waals surface area contributed by atoms with Gasteiger partial charge in [0.05, 0.1) is 17.0 Å². The lowest BCUT2D eigenvalue weighted by Crippen LogP contribution is -2.31. The molecule has 0 aliphatic rings. The van der Waals surface area contributed by atoms with Gasteiger partial charge in [0.25, 0.3) is 0 Å². The van der Waals surface area contributed by atoms with Gasteiger partial charge in [0.15, 0.2) is 5.82 Å². The maximum absolute atomic E-state index is 12.8. The number of hydrogen-bond donors (Lipinski definition) is 0. The Morgan fingerprint density at radius 2 is 1.80 bits per heavy atom. The Morgan fingerprint density at radius 1 is 1.12 bits per heavy atom. The molecule has 2 rings (SSSR count). The van der Waals surface area contributed by atoms with E-state index in [1.165, 1.54) is 10.4 Å². The first-order valence-corrected chi connectivity index (χ1v) is 9.57. The predicted octanol–water partition coefficient (Wildman–Crippen LogP) is 1.47. The molecule has 0 saturated carbocycles. The summed E-state index contributed by atoms with van der Waals surface area (Å²) >= 11 is 0. The zero-order valence-electron chi connectivity index (χ0n) is 14.8. The van der Waals surface area contributed by atoms with Gasteiger partial charge in [0, 0.05) is 13.1 Å². The number of rotatable bonds is 7. The van der Waals surface area contributed by atoms with E-state index in [-0.39, 0.29) is 23.7 Å². The first-order chi connectivity index (χ1) is 11.8. The molecule has 0 amide bonds. The highest BCUT2D eigenvalue weighted by Gasteiger charge is 2.24. The van der Waals surface area contributed by atoms with Crippen molar-refractivity contribution in [1.29, 1.82) is 0 Å². The molecule has 25 heavy (non-hydrogen) atoms. The SMILES string of the molecule is CCOC(=O)Cc1nnc2cc(C)c(S(=O)(=O)N(CC)CC)cc2n1. The molecule has 0 spiro atoms. The molecule has 0 bridgehead atoms. The summed E-state index contributed by atoms with van der Waals surface area (Å²) in [6.45, 7) is 8.04. The van der Waals surface area contributed by atoms with Gasteiger partial charge in [-0.25, -0.2) is 13.4 Å². The number of aryl methyl sites for hydroxylation is 1. The normalized spacial score (nSPS) is 11.9. The van der Waals surface area contributed by atoms with Gasteiger partial charge < -0.3 is 4.74 Å². The molecule has 1 aromatic carbocycles. The van der Waals surface area contributed by atoms with E-state index in [9.17, 15) is 13.2 Å². The molecule has 0 unspecified atom stereocenters. The molecule has 0 fully saturated rings. The Labute approximate surface area is 147 Å². The van der Waals surface area contributed by atoms with Crippen molar-refractivity contribution < 1.29 is 17.9 Å². The molecule has 0 saturated heterocycles. The summed E-state index contributed by atoms with van der Waals surface area (Å²) in [6, 6.07) is 3.13. The fourth-order valence-electron chi connectivity index (χ4n) is 2.50. The number of esters is 1. The second kappa shape index (κ2) is 7.83. The summed E-state index contributed by atoms with van der Waals surface area (Å²) in [5, 5.41) is 7.94.